The molecule has 1 atom stereocenters. The Hall–Kier alpha value is -1.78. The van der Waals surface area contributed by atoms with Gasteiger partial charge in [0.1, 0.15) is 11.6 Å². The number of nitrogens with two attached hydrogens (primary N) is 1. The zero-order valence-electron chi connectivity index (χ0n) is 11.6. The zero-order valence-corrected chi connectivity index (χ0v) is 11.6. The van der Waals surface area contributed by atoms with Gasteiger partial charge in [0.2, 0.25) is 0 Å². The minimum absolute atomic E-state index is 0.185. The molecule has 0 saturated heterocycles. The smallest absolute Gasteiger partial charge is 0.126 e. The molecule has 0 heterocycles. The van der Waals surface area contributed by atoms with Crippen LogP contribution in [0.1, 0.15) is 28.3 Å². The van der Waals surface area contributed by atoms with E-state index < -0.39 is 11.6 Å². The summed E-state index contributed by atoms with van der Waals surface area (Å²) in [5.74, 6) is 4.43. The third-order valence-electron chi connectivity index (χ3n) is 3.50. The SMILES string of the molecule is Cc1ccc(C(Cc2cc(F)cc(F)c2)NN)cc1C. The van der Waals surface area contributed by atoms with E-state index in [0.717, 1.165) is 17.2 Å². The van der Waals surface area contributed by atoms with Crippen LogP contribution < -0.4 is 11.3 Å². The first-order chi connectivity index (χ1) is 9.49. The topological polar surface area (TPSA) is 38.0 Å². The van der Waals surface area contributed by atoms with Gasteiger partial charge in [0.15, 0.2) is 0 Å². The first kappa shape index (κ1) is 14.6. The Kier molecular flexibility index (Phi) is 4.47. The summed E-state index contributed by atoms with van der Waals surface area (Å²) in [5.41, 5.74) is 6.64. The highest BCUT2D eigenvalue weighted by Crippen LogP contribution is 2.21. The molecule has 2 aromatic carbocycles. The molecule has 0 aliphatic rings. The van der Waals surface area contributed by atoms with E-state index in [1.165, 1.54) is 17.7 Å². The van der Waals surface area contributed by atoms with E-state index >= 15 is 0 Å². The molecule has 0 fully saturated rings. The molecule has 2 rings (SSSR count). The Morgan fingerprint density at radius 3 is 2.20 bits per heavy atom. The highest BCUT2D eigenvalue weighted by Gasteiger charge is 2.12. The number of halogens is 2. The van der Waals surface area contributed by atoms with Gasteiger partial charge >= 0.3 is 0 Å². The van der Waals surface area contributed by atoms with Gasteiger partial charge in [-0.05, 0) is 54.7 Å². The van der Waals surface area contributed by atoms with Crippen LogP contribution in [0.4, 0.5) is 8.78 Å². The third kappa shape index (κ3) is 3.40. The number of nitrogens with one attached hydrogen (secondary N) is 1. The van der Waals surface area contributed by atoms with Gasteiger partial charge in [0.25, 0.3) is 0 Å². The van der Waals surface area contributed by atoms with Gasteiger partial charge in [-0.2, -0.15) is 0 Å². The van der Waals surface area contributed by atoms with Gasteiger partial charge in [-0.15, -0.1) is 0 Å². The molecular formula is C16H18F2N2. The van der Waals surface area contributed by atoms with Crippen LogP contribution in [0, 0.1) is 25.5 Å². The van der Waals surface area contributed by atoms with E-state index in [-0.39, 0.29) is 6.04 Å². The van der Waals surface area contributed by atoms with Crippen molar-refractivity contribution in [3.05, 3.63) is 70.3 Å². The van der Waals surface area contributed by atoms with Crippen LogP contribution >= 0.6 is 0 Å². The van der Waals surface area contributed by atoms with E-state index in [2.05, 4.69) is 5.43 Å². The lowest BCUT2D eigenvalue weighted by Crippen LogP contribution is -2.29. The maximum atomic E-state index is 13.2. The fraction of sp³-hybridized carbons (Fsp3) is 0.250. The standard InChI is InChI=1S/C16H18F2N2/c1-10-3-4-13(5-11(10)2)16(20-19)8-12-6-14(17)9-15(18)7-12/h3-7,9,16,20H,8,19H2,1-2H3. The van der Waals surface area contributed by atoms with Crippen LogP contribution in [0.3, 0.4) is 0 Å². The van der Waals surface area contributed by atoms with Crippen molar-refractivity contribution < 1.29 is 8.78 Å². The van der Waals surface area contributed by atoms with E-state index in [9.17, 15) is 8.78 Å². The van der Waals surface area contributed by atoms with Crippen molar-refractivity contribution in [1.29, 1.82) is 0 Å². The predicted molar refractivity (Wildman–Crippen MR) is 76.0 cm³/mol. The molecule has 0 aromatic heterocycles. The molecule has 3 N–H and O–H groups in total. The Bertz CT molecular complexity index is 591. The lowest BCUT2D eigenvalue weighted by Gasteiger charge is -2.18. The highest BCUT2D eigenvalue weighted by molar-refractivity contribution is 5.33. The minimum Gasteiger partial charge on any atom is -0.271 e. The molecule has 0 spiro atoms. The molecule has 0 bridgehead atoms. The molecule has 20 heavy (non-hydrogen) atoms. The Morgan fingerprint density at radius 1 is 1.00 bits per heavy atom. The van der Waals surface area contributed by atoms with Gasteiger partial charge in [-0.25, -0.2) is 8.78 Å². The van der Waals surface area contributed by atoms with Gasteiger partial charge in [0.05, 0.1) is 0 Å². The van der Waals surface area contributed by atoms with Crippen molar-refractivity contribution in [2.45, 2.75) is 26.3 Å². The van der Waals surface area contributed by atoms with E-state index in [1.54, 1.807) is 0 Å². The molecule has 0 radical (unpaired) electrons. The Morgan fingerprint density at radius 2 is 1.65 bits per heavy atom. The Labute approximate surface area is 117 Å². The lowest BCUT2D eigenvalue weighted by molar-refractivity contribution is 0.540. The van der Waals surface area contributed by atoms with Crippen LogP contribution in [0.15, 0.2) is 36.4 Å². The van der Waals surface area contributed by atoms with Crippen LogP contribution in [0.2, 0.25) is 0 Å². The molecule has 0 aliphatic heterocycles. The molecule has 2 nitrogen and oxygen atoms in total. The number of benzene rings is 2. The van der Waals surface area contributed by atoms with Gasteiger partial charge in [0, 0.05) is 12.1 Å². The number of aryl methyl sites for hydroxylation is 2. The third-order valence-corrected chi connectivity index (χ3v) is 3.50. The monoisotopic (exact) mass is 276 g/mol. The number of hydrogen-bond donors (Lipinski definition) is 2. The molecule has 1 unspecified atom stereocenters. The minimum atomic E-state index is -0.573. The van der Waals surface area contributed by atoms with Crippen molar-refractivity contribution in [3.63, 3.8) is 0 Å². The summed E-state index contributed by atoms with van der Waals surface area (Å²) in [4.78, 5) is 0. The van der Waals surface area contributed by atoms with Gasteiger partial charge in [-0.1, -0.05) is 18.2 Å². The largest absolute Gasteiger partial charge is 0.271 e. The second-order valence-electron chi connectivity index (χ2n) is 5.04. The first-order valence-electron chi connectivity index (χ1n) is 6.48. The van der Waals surface area contributed by atoms with Crippen LogP contribution in [-0.4, -0.2) is 0 Å². The van der Waals surface area contributed by atoms with E-state index in [4.69, 9.17) is 5.84 Å². The van der Waals surface area contributed by atoms with Crippen molar-refractivity contribution in [1.82, 2.24) is 5.43 Å². The summed E-state index contributed by atoms with van der Waals surface area (Å²) in [6.07, 6.45) is 0.424. The average Bonchev–Trinajstić information content (AvgIpc) is 2.38. The van der Waals surface area contributed by atoms with Crippen LogP contribution in [0.5, 0.6) is 0 Å². The second-order valence-corrected chi connectivity index (χ2v) is 5.04. The van der Waals surface area contributed by atoms with Crippen LogP contribution in [0.25, 0.3) is 0 Å². The predicted octanol–water partition coefficient (Wildman–Crippen LogP) is 3.33. The summed E-state index contributed by atoms with van der Waals surface area (Å²) in [5, 5.41) is 0. The van der Waals surface area contributed by atoms with Crippen LogP contribution in [-0.2, 0) is 6.42 Å². The summed E-state index contributed by atoms with van der Waals surface area (Å²) in [6.45, 7) is 4.06. The fourth-order valence-corrected chi connectivity index (χ4v) is 2.22. The second kappa shape index (κ2) is 6.11. The molecule has 2 aromatic rings. The molecule has 0 amide bonds. The summed E-state index contributed by atoms with van der Waals surface area (Å²) in [6, 6.07) is 9.36. The average molecular weight is 276 g/mol. The summed E-state index contributed by atoms with van der Waals surface area (Å²) in [7, 11) is 0. The molecule has 0 saturated carbocycles. The molecule has 0 aliphatic carbocycles. The van der Waals surface area contributed by atoms with Crippen molar-refractivity contribution >= 4 is 0 Å². The van der Waals surface area contributed by atoms with Crippen molar-refractivity contribution in [2.24, 2.45) is 5.84 Å². The van der Waals surface area contributed by atoms with E-state index in [1.807, 2.05) is 32.0 Å². The quantitative estimate of drug-likeness (QED) is 0.664. The fourth-order valence-electron chi connectivity index (χ4n) is 2.22. The molecule has 4 heteroatoms. The van der Waals surface area contributed by atoms with Gasteiger partial charge in [-0.3, -0.25) is 11.3 Å². The van der Waals surface area contributed by atoms with Crippen molar-refractivity contribution in [3.8, 4) is 0 Å². The normalized spacial score (nSPS) is 12.4. The number of rotatable bonds is 4. The molecular weight excluding hydrogens is 258 g/mol. The number of hydrogen-bond acceptors (Lipinski definition) is 2. The van der Waals surface area contributed by atoms with E-state index in [0.29, 0.717) is 12.0 Å². The van der Waals surface area contributed by atoms with Crippen molar-refractivity contribution in [2.75, 3.05) is 0 Å². The summed E-state index contributed by atoms with van der Waals surface area (Å²) >= 11 is 0. The highest BCUT2D eigenvalue weighted by atomic mass is 19.1. The first-order valence-corrected chi connectivity index (χ1v) is 6.48. The summed E-state index contributed by atoms with van der Waals surface area (Å²) < 4.78 is 26.4. The van der Waals surface area contributed by atoms with Gasteiger partial charge < -0.3 is 0 Å². The molecule has 106 valence electrons. The Balaban J connectivity index is 2.26. The number of hydrazine groups is 1. The maximum Gasteiger partial charge on any atom is 0.126 e. The maximum absolute atomic E-state index is 13.2. The zero-order chi connectivity index (χ0) is 14.7. The lowest BCUT2D eigenvalue weighted by atomic mass is 9.96.